The Balaban J connectivity index is 1.76. The lowest BCUT2D eigenvalue weighted by Gasteiger charge is -2.24. The summed E-state index contributed by atoms with van der Waals surface area (Å²) in [6.07, 6.45) is 2.68. The number of nitrogens with two attached hydrogens (primary N) is 1. The van der Waals surface area contributed by atoms with Gasteiger partial charge in [0, 0.05) is 35.1 Å². The molecule has 3 aromatic rings. The van der Waals surface area contributed by atoms with Crippen LogP contribution in [0.2, 0.25) is 5.15 Å². The molecule has 0 saturated heterocycles. The molecule has 0 spiro atoms. The SMILES string of the molecule is Cc1cc(-c2cnc(Cl)c(NS(C)(=O)=O)c2)cc2c1OCCN(c1nc(N)nc(C)c1C)C2. The standard InChI is InChI=1S/C22H25ClN6O3S/c1-12-7-15(16-9-18(20(23)25-10-16)28-33(4,30)31)8-17-11-29(5-6-32-19(12)17)21-13(2)14(3)26-22(24)27-21/h7-10,28H,5-6,11H2,1-4H3,(H2,24,26,27). The third-order valence-corrected chi connectivity index (χ3v) is 6.36. The lowest BCUT2D eigenvalue weighted by molar-refractivity contribution is 0.329. The summed E-state index contributed by atoms with van der Waals surface area (Å²) in [4.78, 5) is 15.0. The second kappa shape index (κ2) is 8.68. The molecule has 1 aromatic carbocycles. The van der Waals surface area contributed by atoms with Crippen molar-refractivity contribution < 1.29 is 13.2 Å². The van der Waals surface area contributed by atoms with E-state index >= 15 is 0 Å². The van der Waals surface area contributed by atoms with Gasteiger partial charge < -0.3 is 15.4 Å². The van der Waals surface area contributed by atoms with Gasteiger partial charge in [-0.3, -0.25) is 4.72 Å². The summed E-state index contributed by atoms with van der Waals surface area (Å²) in [6.45, 7) is 7.59. The highest BCUT2D eigenvalue weighted by molar-refractivity contribution is 7.92. The molecule has 33 heavy (non-hydrogen) atoms. The number of halogens is 1. The molecule has 1 aliphatic rings. The molecule has 11 heteroatoms. The monoisotopic (exact) mass is 488 g/mol. The van der Waals surface area contributed by atoms with E-state index in [-0.39, 0.29) is 16.8 Å². The Hall–Kier alpha value is -3.11. The number of nitrogen functional groups attached to an aromatic ring is 1. The van der Waals surface area contributed by atoms with Gasteiger partial charge in [0.25, 0.3) is 0 Å². The van der Waals surface area contributed by atoms with Gasteiger partial charge in [-0.15, -0.1) is 0 Å². The summed E-state index contributed by atoms with van der Waals surface area (Å²) >= 11 is 6.10. The Morgan fingerprint density at radius 3 is 2.64 bits per heavy atom. The summed E-state index contributed by atoms with van der Waals surface area (Å²) < 4.78 is 31.9. The van der Waals surface area contributed by atoms with Crippen LogP contribution in [0.5, 0.6) is 5.75 Å². The molecular formula is C22H25ClN6O3S. The zero-order valence-corrected chi connectivity index (χ0v) is 20.4. The van der Waals surface area contributed by atoms with Crippen molar-refractivity contribution in [2.45, 2.75) is 27.3 Å². The van der Waals surface area contributed by atoms with Crippen molar-refractivity contribution in [1.82, 2.24) is 15.0 Å². The lowest BCUT2D eigenvalue weighted by Crippen LogP contribution is -2.27. The quantitative estimate of drug-likeness (QED) is 0.535. The molecule has 1 aliphatic heterocycles. The number of hydrogen-bond acceptors (Lipinski definition) is 8. The third-order valence-electron chi connectivity index (χ3n) is 5.47. The van der Waals surface area contributed by atoms with Crippen LogP contribution in [0.15, 0.2) is 24.4 Å². The maximum Gasteiger partial charge on any atom is 0.229 e. The van der Waals surface area contributed by atoms with E-state index in [0.717, 1.165) is 51.3 Å². The summed E-state index contributed by atoms with van der Waals surface area (Å²) in [5.41, 5.74) is 11.5. The maximum absolute atomic E-state index is 11.7. The van der Waals surface area contributed by atoms with Crippen LogP contribution in [-0.2, 0) is 16.6 Å². The van der Waals surface area contributed by atoms with Gasteiger partial charge in [-0.05, 0) is 50.1 Å². The first-order chi connectivity index (χ1) is 15.5. The number of aromatic nitrogens is 3. The van der Waals surface area contributed by atoms with Crippen LogP contribution in [0.1, 0.15) is 22.4 Å². The first-order valence-electron chi connectivity index (χ1n) is 10.3. The Labute approximate surface area is 198 Å². The van der Waals surface area contributed by atoms with Gasteiger partial charge in [0.15, 0.2) is 5.15 Å². The van der Waals surface area contributed by atoms with E-state index in [2.05, 4.69) is 24.6 Å². The number of nitrogens with zero attached hydrogens (tertiary/aromatic N) is 4. The van der Waals surface area contributed by atoms with Crippen LogP contribution < -0.4 is 20.1 Å². The van der Waals surface area contributed by atoms with Gasteiger partial charge in [-0.25, -0.2) is 18.4 Å². The van der Waals surface area contributed by atoms with Crippen LogP contribution >= 0.6 is 11.6 Å². The minimum absolute atomic E-state index is 0.0809. The fourth-order valence-electron chi connectivity index (χ4n) is 3.88. The number of benzene rings is 1. The molecule has 3 N–H and O–H groups in total. The number of aryl methyl sites for hydroxylation is 2. The van der Waals surface area contributed by atoms with E-state index in [1.807, 2.05) is 32.9 Å². The normalized spacial score (nSPS) is 13.8. The zero-order valence-electron chi connectivity index (χ0n) is 18.8. The van der Waals surface area contributed by atoms with Gasteiger partial charge in [0.1, 0.15) is 18.2 Å². The molecule has 0 unspecified atom stereocenters. The third kappa shape index (κ3) is 4.96. The minimum atomic E-state index is -3.50. The number of anilines is 3. The first kappa shape index (κ1) is 23.1. The largest absolute Gasteiger partial charge is 0.491 e. The average Bonchev–Trinajstić information content (AvgIpc) is 2.94. The number of nitrogens with one attached hydrogen (secondary N) is 1. The van der Waals surface area contributed by atoms with E-state index in [0.29, 0.717) is 19.7 Å². The number of fused-ring (bicyclic) bond motifs is 1. The zero-order chi connectivity index (χ0) is 23.9. The average molecular weight is 489 g/mol. The van der Waals surface area contributed by atoms with Gasteiger partial charge in [-0.1, -0.05) is 11.6 Å². The Kier molecular flexibility index (Phi) is 6.06. The summed E-state index contributed by atoms with van der Waals surface area (Å²) in [5.74, 6) is 1.85. The van der Waals surface area contributed by atoms with Crippen molar-refractivity contribution in [3.8, 4) is 16.9 Å². The van der Waals surface area contributed by atoms with Gasteiger partial charge in [0.05, 0.1) is 18.5 Å². The molecular weight excluding hydrogens is 464 g/mol. The lowest BCUT2D eigenvalue weighted by atomic mass is 9.99. The van der Waals surface area contributed by atoms with E-state index in [1.54, 1.807) is 12.3 Å². The summed E-state index contributed by atoms with van der Waals surface area (Å²) in [5, 5.41) is 0.0809. The summed E-state index contributed by atoms with van der Waals surface area (Å²) in [6, 6.07) is 5.68. The van der Waals surface area contributed by atoms with Crippen molar-refractivity contribution in [2.75, 3.05) is 34.8 Å². The smallest absolute Gasteiger partial charge is 0.229 e. The Morgan fingerprint density at radius 2 is 1.91 bits per heavy atom. The highest BCUT2D eigenvalue weighted by Gasteiger charge is 2.22. The molecule has 174 valence electrons. The number of rotatable bonds is 4. The molecule has 3 heterocycles. The molecule has 2 aromatic heterocycles. The van der Waals surface area contributed by atoms with Crippen molar-refractivity contribution in [3.05, 3.63) is 51.9 Å². The van der Waals surface area contributed by atoms with Crippen molar-refractivity contribution in [3.63, 3.8) is 0 Å². The van der Waals surface area contributed by atoms with Gasteiger partial charge >= 0.3 is 0 Å². The van der Waals surface area contributed by atoms with Crippen LogP contribution in [0.25, 0.3) is 11.1 Å². The van der Waals surface area contributed by atoms with E-state index in [9.17, 15) is 8.42 Å². The second-order valence-electron chi connectivity index (χ2n) is 8.10. The van der Waals surface area contributed by atoms with Crippen LogP contribution in [0.3, 0.4) is 0 Å². The van der Waals surface area contributed by atoms with Crippen LogP contribution in [0, 0.1) is 20.8 Å². The molecule has 0 fully saturated rings. The topological polar surface area (TPSA) is 123 Å². The number of sulfonamides is 1. The van der Waals surface area contributed by atoms with Crippen molar-refractivity contribution in [1.29, 1.82) is 0 Å². The summed E-state index contributed by atoms with van der Waals surface area (Å²) in [7, 11) is -3.50. The van der Waals surface area contributed by atoms with Crippen molar-refractivity contribution >= 4 is 39.1 Å². The van der Waals surface area contributed by atoms with Crippen LogP contribution in [-0.4, -0.2) is 42.8 Å². The minimum Gasteiger partial charge on any atom is -0.491 e. The Morgan fingerprint density at radius 1 is 1.15 bits per heavy atom. The van der Waals surface area contributed by atoms with Gasteiger partial charge in [-0.2, -0.15) is 4.98 Å². The van der Waals surface area contributed by atoms with Gasteiger partial charge in [0.2, 0.25) is 16.0 Å². The second-order valence-corrected chi connectivity index (χ2v) is 10.2. The van der Waals surface area contributed by atoms with E-state index in [1.165, 1.54) is 0 Å². The predicted molar refractivity (Wildman–Crippen MR) is 130 cm³/mol. The molecule has 0 saturated carbocycles. The fraction of sp³-hybridized carbons (Fsp3) is 0.318. The Bertz CT molecular complexity index is 1350. The molecule has 0 amide bonds. The highest BCUT2D eigenvalue weighted by Crippen LogP contribution is 2.36. The molecule has 0 bridgehead atoms. The number of hydrogen-bond donors (Lipinski definition) is 2. The molecule has 4 rings (SSSR count). The van der Waals surface area contributed by atoms with E-state index in [4.69, 9.17) is 22.1 Å². The molecule has 0 atom stereocenters. The number of ether oxygens (including phenoxy) is 1. The maximum atomic E-state index is 11.7. The highest BCUT2D eigenvalue weighted by atomic mass is 35.5. The first-order valence-corrected chi connectivity index (χ1v) is 12.5. The predicted octanol–water partition coefficient (Wildman–Crippen LogP) is 3.47. The van der Waals surface area contributed by atoms with E-state index < -0.39 is 10.0 Å². The molecule has 0 aliphatic carbocycles. The van der Waals surface area contributed by atoms with Crippen LogP contribution in [0.4, 0.5) is 17.5 Å². The molecule has 0 radical (unpaired) electrons. The fourth-order valence-corrected chi connectivity index (χ4v) is 4.64. The van der Waals surface area contributed by atoms with Crippen molar-refractivity contribution in [2.24, 2.45) is 0 Å². The molecule has 9 nitrogen and oxygen atoms in total. The number of pyridine rings is 1.